The van der Waals surface area contributed by atoms with E-state index in [-0.39, 0.29) is 0 Å². The summed E-state index contributed by atoms with van der Waals surface area (Å²) in [6, 6.07) is 3.94. The van der Waals surface area contributed by atoms with Crippen LogP contribution in [0.4, 0.5) is 0 Å². The molecule has 1 unspecified atom stereocenters. The van der Waals surface area contributed by atoms with E-state index in [0.29, 0.717) is 5.92 Å². The molecule has 1 atom stereocenters. The largest absolute Gasteiger partial charge is 0.293 e. The topological polar surface area (TPSA) is 37.6 Å². The Bertz CT molecular complexity index is 525. The Balaban J connectivity index is 0.000000302. The molecule has 2 aliphatic heterocycles. The Labute approximate surface area is 142 Å². The molecule has 0 N–H and O–H groups in total. The number of aryl methyl sites for hydroxylation is 1. The first kappa shape index (κ1) is 21.0. The molecular weight excluding hydrogens is 282 g/mol. The van der Waals surface area contributed by atoms with E-state index in [0.717, 1.165) is 13.1 Å². The molecule has 0 amide bonds. The van der Waals surface area contributed by atoms with Gasteiger partial charge in [-0.05, 0) is 56.5 Å². The van der Waals surface area contributed by atoms with Crippen molar-refractivity contribution in [2.75, 3.05) is 13.1 Å². The SMILES string of the molecule is CC.CC1=CC=NC1.CC1=CC=NCC1C.Cc1ccncc1. The Morgan fingerprint density at radius 3 is 1.78 bits per heavy atom. The van der Waals surface area contributed by atoms with Gasteiger partial charge in [0.25, 0.3) is 0 Å². The zero-order chi connectivity index (χ0) is 17.5. The lowest BCUT2D eigenvalue weighted by molar-refractivity contribution is 0.690. The summed E-state index contributed by atoms with van der Waals surface area (Å²) in [5, 5.41) is 0. The van der Waals surface area contributed by atoms with Crippen LogP contribution in [0.25, 0.3) is 0 Å². The summed E-state index contributed by atoms with van der Waals surface area (Å²) in [5.74, 6) is 0.667. The molecule has 0 aromatic carbocycles. The summed E-state index contributed by atoms with van der Waals surface area (Å²) in [6.07, 6.45) is 11.4. The highest BCUT2D eigenvalue weighted by molar-refractivity contribution is 5.74. The monoisotopic (exact) mass is 313 g/mol. The van der Waals surface area contributed by atoms with Crippen molar-refractivity contribution in [3.63, 3.8) is 0 Å². The minimum absolute atomic E-state index is 0.667. The third-order valence-electron chi connectivity index (χ3n) is 3.25. The van der Waals surface area contributed by atoms with Gasteiger partial charge in [0, 0.05) is 31.4 Å². The van der Waals surface area contributed by atoms with Gasteiger partial charge < -0.3 is 0 Å². The molecule has 3 heteroatoms. The fraction of sp³-hybridized carbons (Fsp3) is 0.450. The molecule has 3 nitrogen and oxygen atoms in total. The van der Waals surface area contributed by atoms with Crippen LogP contribution in [0.3, 0.4) is 0 Å². The van der Waals surface area contributed by atoms with Crippen molar-refractivity contribution < 1.29 is 0 Å². The zero-order valence-corrected chi connectivity index (χ0v) is 15.5. The van der Waals surface area contributed by atoms with Crippen LogP contribution in [0, 0.1) is 12.8 Å². The summed E-state index contributed by atoms with van der Waals surface area (Å²) in [5.41, 5.74) is 4.06. The number of aliphatic imine (C=N–C) groups is 2. The average molecular weight is 313 g/mol. The van der Waals surface area contributed by atoms with E-state index in [1.165, 1.54) is 16.7 Å². The lowest BCUT2D eigenvalue weighted by Gasteiger charge is -2.10. The van der Waals surface area contributed by atoms with Crippen LogP contribution in [-0.4, -0.2) is 30.5 Å². The molecule has 23 heavy (non-hydrogen) atoms. The zero-order valence-electron chi connectivity index (χ0n) is 15.5. The van der Waals surface area contributed by atoms with E-state index in [4.69, 9.17) is 0 Å². The minimum atomic E-state index is 0.667. The summed E-state index contributed by atoms with van der Waals surface area (Å²) < 4.78 is 0. The molecule has 126 valence electrons. The summed E-state index contributed by atoms with van der Waals surface area (Å²) in [7, 11) is 0. The van der Waals surface area contributed by atoms with E-state index < -0.39 is 0 Å². The molecule has 3 heterocycles. The standard InChI is InChI=1S/C7H11N.C6H7N.C5H7N.C2H6/c1-6-3-4-8-5-7(6)2;1-6-2-4-7-5-3-6;1-5-2-3-6-4-5;1-2/h3-4,7H,5H2,1-2H3;2-5H,1H3;2-3H,4H2,1H3;1-2H3. The highest BCUT2D eigenvalue weighted by Crippen LogP contribution is 2.11. The molecule has 1 aromatic rings. The lowest BCUT2D eigenvalue weighted by Crippen LogP contribution is -2.04. The van der Waals surface area contributed by atoms with Crippen LogP contribution in [0.5, 0.6) is 0 Å². The Kier molecular flexibility index (Phi) is 12.4. The van der Waals surface area contributed by atoms with Crippen molar-refractivity contribution in [1.82, 2.24) is 4.98 Å². The van der Waals surface area contributed by atoms with Gasteiger partial charge >= 0.3 is 0 Å². The summed E-state index contributed by atoms with van der Waals surface area (Å²) in [6.45, 7) is 14.4. The molecule has 0 saturated heterocycles. The second-order valence-corrected chi connectivity index (χ2v) is 5.35. The number of allylic oxidation sites excluding steroid dienone is 2. The first-order valence-corrected chi connectivity index (χ1v) is 8.28. The van der Waals surface area contributed by atoms with Gasteiger partial charge in [-0.2, -0.15) is 0 Å². The molecular formula is C20H31N3. The number of aromatic nitrogens is 1. The molecule has 3 rings (SSSR count). The van der Waals surface area contributed by atoms with Gasteiger partial charge in [-0.15, -0.1) is 0 Å². The fourth-order valence-corrected chi connectivity index (χ4v) is 1.55. The molecule has 0 aliphatic carbocycles. The van der Waals surface area contributed by atoms with Crippen LogP contribution in [0.1, 0.15) is 40.2 Å². The maximum atomic E-state index is 4.11. The van der Waals surface area contributed by atoms with Gasteiger partial charge in [-0.1, -0.05) is 31.9 Å². The minimum Gasteiger partial charge on any atom is -0.293 e. The summed E-state index contributed by atoms with van der Waals surface area (Å²) >= 11 is 0. The van der Waals surface area contributed by atoms with E-state index in [1.54, 1.807) is 12.4 Å². The van der Waals surface area contributed by atoms with Crippen LogP contribution in [0.15, 0.2) is 57.8 Å². The predicted molar refractivity (Wildman–Crippen MR) is 104 cm³/mol. The van der Waals surface area contributed by atoms with Crippen LogP contribution in [-0.2, 0) is 0 Å². The quantitative estimate of drug-likeness (QED) is 0.657. The normalized spacial score (nSPS) is 17.4. The van der Waals surface area contributed by atoms with Crippen LogP contribution >= 0.6 is 0 Å². The van der Waals surface area contributed by atoms with Gasteiger partial charge in [0.05, 0.1) is 6.54 Å². The first-order chi connectivity index (χ1) is 11.1. The molecule has 1 aromatic heterocycles. The van der Waals surface area contributed by atoms with Gasteiger partial charge in [0.15, 0.2) is 0 Å². The second kappa shape index (κ2) is 13.6. The van der Waals surface area contributed by atoms with Crippen molar-refractivity contribution in [3.8, 4) is 0 Å². The van der Waals surface area contributed by atoms with E-state index in [2.05, 4.69) is 41.8 Å². The summed E-state index contributed by atoms with van der Waals surface area (Å²) in [4.78, 5) is 11.9. The van der Waals surface area contributed by atoms with Crippen LogP contribution < -0.4 is 0 Å². The molecule has 2 aliphatic rings. The fourth-order valence-electron chi connectivity index (χ4n) is 1.55. The average Bonchev–Trinajstić information content (AvgIpc) is 3.05. The second-order valence-electron chi connectivity index (χ2n) is 5.35. The van der Waals surface area contributed by atoms with Crippen molar-refractivity contribution in [2.24, 2.45) is 15.9 Å². The first-order valence-electron chi connectivity index (χ1n) is 8.28. The lowest BCUT2D eigenvalue weighted by atomic mass is 10.0. The Hall–Kier alpha value is -2.03. The number of hydrogen-bond donors (Lipinski definition) is 0. The third kappa shape index (κ3) is 11.2. The van der Waals surface area contributed by atoms with Crippen LogP contribution in [0.2, 0.25) is 0 Å². The Morgan fingerprint density at radius 1 is 0.913 bits per heavy atom. The van der Waals surface area contributed by atoms with Crippen molar-refractivity contribution >= 4 is 12.4 Å². The smallest absolute Gasteiger partial charge is 0.0600 e. The maximum Gasteiger partial charge on any atom is 0.0600 e. The molecule has 0 spiro atoms. The number of rotatable bonds is 0. The Morgan fingerprint density at radius 2 is 1.52 bits per heavy atom. The van der Waals surface area contributed by atoms with Gasteiger partial charge in [-0.3, -0.25) is 15.0 Å². The molecule has 0 bridgehead atoms. The van der Waals surface area contributed by atoms with E-state index >= 15 is 0 Å². The molecule has 0 radical (unpaired) electrons. The van der Waals surface area contributed by atoms with E-state index in [1.807, 2.05) is 51.4 Å². The molecule has 0 saturated carbocycles. The van der Waals surface area contributed by atoms with Crippen molar-refractivity contribution in [2.45, 2.75) is 41.5 Å². The highest BCUT2D eigenvalue weighted by Gasteiger charge is 2.03. The molecule has 0 fully saturated rings. The number of hydrogen-bond acceptors (Lipinski definition) is 3. The number of pyridine rings is 1. The third-order valence-corrected chi connectivity index (χ3v) is 3.25. The van der Waals surface area contributed by atoms with Gasteiger partial charge in [0.2, 0.25) is 0 Å². The van der Waals surface area contributed by atoms with Gasteiger partial charge in [-0.25, -0.2) is 0 Å². The van der Waals surface area contributed by atoms with Crippen molar-refractivity contribution in [1.29, 1.82) is 0 Å². The number of dihydropyridines is 1. The number of nitrogens with zero attached hydrogens (tertiary/aromatic N) is 3. The predicted octanol–water partition coefficient (Wildman–Crippen LogP) is 5.09. The highest BCUT2D eigenvalue weighted by atomic mass is 14.7. The van der Waals surface area contributed by atoms with E-state index in [9.17, 15) is 0 Å². The van der Waals surface area contributed by atoms with Gasteiger partial charge in [0.1, 0.15) is 0 Å². The maximum absolute atomic E-state index is 4.11. The van der Waals surface area contributed by atoms with Crippen molar-refractivity contribution in [3.05, 3.63) is 53.4 Å².